The molecular formula is C11H13N7O. The third kappa shape index (κ3) is 2.13. The Morgan fingerprint density at radius 1 is 1.16 bits per heavy atom. The third-order valence-corrected chi connectivity index (χ3v) is 2.75. The van der Waals surface area contributed by atoms with Crippen LogP contribution in [0.2, 0.25) is 0 Å². The van der Waals surface area contributed by atoms with E-state index in [1.165, 1.54) is 0 Å². The van der Waals surface area contributed by atoms with E-state index >= 15 is 0 Å². The van der Waals surface area contributed by atoms with E-state index in [0.717, 1.165) is 11.1 Å². The number of aromatic nitrogens is 6. The van der Waals surface area contributed by atoms with E-state index in [1.807, 2.05) is 26.5 Å². The molecule has 0 fully saturated rings. The standard InChI is InChI=1S/C11H13N7O/c1-17-5-7(3-13-17)9(12)11-15-10(16-19-11)8-4-14-18(2)6-8/h3-6,9H,12H2,1-2H3. The average molecular weight is 259 g/mol. The van der Waals surface area contributed by atoms with Crippen LogP contribution in [0, 0.1) is 0 Å². The minimum Gasteiger partial charge on any atom is -0.337 e. The van der Waals surface area contributed by atoms with Gasteiger partial charge in [-0.25, -0.2) is 0 Å². The summed E-state index contributed by atoms with van der Waals surface area (Å²) in [6.45, 7) is 0. The first-order valence-corrected chi connectivity index (χ1v) is 5.70. The number of hydrogen-bond donors (Lipinski definition) is 1. The molecule has 0 radical (unpaired) electrons. The van der Waals surface area contributed by atoms with Crippen LogP contribution in [0.5, 0.6) is 0 Å². The highest BCUT2D eigenvalue weighted by molar-refractivity contribution is 5.51. The first-order chi connectivity index (χ1) is 9.13. The lowest BCUT2D eigenvalue weighted by atomic mass is 10.2. The molecule has 0 spiro atoms. The molecule has 3 heterocycles. The Morgan fingerprint density at radius 2 is 1.89 bits per heavy atom. The summed E-state index contributed by atoms with van der Waals surface area (Å²) in [5.74, 6) is 0.828. The molecule has 0 aliphatic carbocycles. The minimum absolute atomic E-state index is 0.354. The minimum atomic E-state index is -0.480. The average Bonchev–Trinajstić information content (AvgIpc) is 3.07. The van der Waals surface area contributed by atoms with Crippen LogP contribution in [-0.2, 0) is 14.1 Å². The highest BCUT2D eigenvalue weighted by atomic mass is 16.5. The van der Waals surface area contributed by atoms with E-state index in [-0.39, 0.29) is 0 Å². The van der Waals surface area contributed by atoms with Gasteiger partial charge in [-0.1, -0.05) is 5.16 Å². The molecule has 8 nitrogen and oxygen atoms in total. The van der Waals surface area contributed by atoms with E-state index in [2.05, 4.69) is 20.3 Å². The number of nitrogens with two attached hydrogens (primary N) is 1. The van der Waals surface area contributed by atoms with E-state index in [1.54, 1.807) is 21.8 Å². The fourth-order valence-electron chi connectivity index (χ4n) is 1.76. The summed E-state index contributed by atoms with van der Waals surface area (Å²) in [7, 11) is 3.65. The summed E-state index contributed by atoms with van der Waals surface area (Å²) < 4.78 is 8.54. The second kappa shape index (κ2) is 4.32. The van der Waals surface area contributed by atoms with Gasteiger partial charge in [0, 0.05) is 32.1 Å². The zero-order valence-corrected chi connectivity index (χ0v) is 10.6. The smallest absolute Gasteiger partial charge is 0.248 e. The summed E-state index contributed by atoms with van der Waals surface area (Å²) in [5, 5.41) is 12.0. The van der Waals surface area contributed by atoms with Crippen molar-refractivity contribution < 1.29 is 4.52 Å². The van der Waals surface area contributed by atoms with Gasteiger partial charge in [-0.05, 0) is 0 Å². The zero-order chi connectivity index (χ0) is 13.4. The van der Waals surface area contributed by atoms with Crippen LogP contribution in [0.1, 0.15) is 17.5 Å². The first-order valence-electron chi connectivity index (χ1n) is 5.70. The van der Waals surface area contributed by atoms with Crippen LogP contribution in [0.4, 0.5) is 0 Å². The molecule has 0 saturated heterocycles. The molecular weight excluding hydrogens is 246 g/mol. The number of nitrogens with zero attached hydrogens (tertiary/aromatic N) is 6. The van der Waals surface area contributed by atoms with Crippen LogP contribution < -0.4 is 5.73 Å². The summed E-state index contributed by atoms with van der Waals surface area (Å²) in [6, 6.07) is -0.480. The Balaban J connectivity index is 1.89. The molecule has 0 saturated carbocycles. The van der Waals surface area contributed by atoms with Gasteiger partial charge >= 0.3 is 0 Å². The largest absolute Gasteiger partial charge is 0.337 e. The molecule has 1 atom stereocenters. The van der Waals surface area contributed by atoms with Crippen LogP contribution in [0.15, 0.2) is 29.3 Å². The van der Waals surface area contributed by atoms with Crippen LogP contribution in [-0.4, -0.2) is 29.7 Å². The Hall–Kier alpha value is -2.48. The monoisotopic (exact) mass is 259 g/mol. The number of aryl methyl sites for hydroxylation is 2. The topological polar surface area (TPSA) is 101 Å². The van der Waals surface area contributed by atoms with Gasteiger partial charge < -0.3 is 10.3 Å². The van der Waals surface area contributed by atoms with Crippen molar-refractivity contribution in [2.24, 2.45) is 19.8 Å². The molecule has 19 heavy (non-hydrogen) atoms. The van der Waals surface area contributed by atoms with E-state index < -0.39 is 6.04 Å². The quantitative estimate of drug-likeness (QED) is 0.723. The van der Waals surface area contributed by atoms with Gasteiger partial charge in [0.05, 0.1) is 18.0 Å². The van der Waals surface area contributed by atoms with Gasteiger partial charge in [0.25, 0.3) is 0 Å². The number of rotatable bonds is 3. The van der Waals surface area contributed by atoms with Gasteiger partial charge in [0.1, 0.15) is 6.04 Å². The zero-order valence-electron chi connectivity index (χ0n) is 10.6. The fourth-order valence-corrected chi connectivity index (χ4v) is 1.76. The van der Waals surface area contributed by atoms with Crippen LogP contribution in [0.25, 0.3) is 11.4 Å². The molecule has 8 heteroatoms. The highest BCUT2D eigenvalue weighted by Crippen LogP contribution is 2.20. The molecule has 1 unspecified atom stereocenters. The van der Waals surface area contributed by atoms with Crippen molar-refractivity contribution in [3.8, 4) is 11.4 Å². The lowest BCUT2D eigenvalue weighted by molar-refractivity contribution is 0.367. The van der Waals surface area contributed by atoms with Crippen LogP contribution in [0.3, 0.4) is 0 Å². The Morgan fingerprint density at radius 3 is 2.53 bits per heavy atom. The third-order valence-electron chi connectivity index (χ3n) is 2.75. The molecule has 0 bridgehead atoms. The lowest BCUT2D eigenvalue weighted by Gasteiger charge is -2.01. The normalized spacial score (nSPS) is 12.8. The van der Waals surface area contributed by atoms with Gasteiger partial charge in [0.2, 0.25) is 11.7 Å². The van der Waals surface area contributed by atoms with Crippen molar-refractivity contribution in [3.05, 3.63) is 36.2 Å². The summed E-state index contributed by atoms with van der Waals surface area (Å²) in [6.07, 6.45) is 6.98. The molecule has 2 N–H and O–H groups in total. The Kier molecular flexibility index (Phi) is 2.64. The van der Waals surface area contributed by atoms with E-state index in [9.17, 15) is 0 Å². The Bertz CT molecular complexity index is 695. The van der Waals surface area contributed by atoms with Gasteiger partial charge in [0.15, 0.2) is 0 Å². The van der Waals surface area contributed by atoms with E-state index in [4.69, 9.17) is 10.3 Å². The van der Waals surface area contributed by atoms with Gasteiger partial charge in [-0.15, -0.1) is 0 Å². The molecule has 3 rings (SSSR count). The van der Waals surface area contributed by atoms with Gasteiger partial charge in [-0.2, -0.15) is 15.2 Å². The number of hydrogen-bond acceptors (Lipinski definition) is 6. The molecule has 0 aromatic carbocycles. The maximum atomic E-state index is 6.06. The predicted octanol–water partition coefficient (Wildman–Crippen LogP) is 0.252. The molecule has 0 aliphatic heterocycles. The maximum absolute atomic E-state index is 6.06. The fraction of sp³-hybridized carbons (Fsp3) is 0.273. The SMILES string of the molecule is Cn1cc(-c2noc(C(N)c3cnn(C)c3)n2)cn1. The van der Waals surface area contributed by atoms with Crippen molar-refractivity contribution in [1.82, 2.24) is 29.7 Å². The van der Waals surface area contributed by atoms with Crippen LogP contribution >= 0.6 is 0 Å². The predicted molar refractivity (Wildman–Crippen MR) is 65.7 cm³/mol. The second-order valence-electron chi connectivity index (χ2n) is 4.28. The van der Waals surface area contributed by atoms with Gasteiger partial charge in [-0.3, -0.25) is 9.36 Å². The lowest BCUT2D eigenvalue weighted by Crippen LogP contribution is -2.11. The Labute approximate surface area is 108 Å². The summed E-state index contributed by atoms with van der Waals surface area (Å²) >= 11 is 0. The van der Waals surface area contributed by atoms with Crippen molar-refractivity contribution >= 4 is 0 Å². The van der Waals surface area contributed by atoms with Crippen molar-refractivity contribution in [1.29, 1.82) is 0 Å². The van der Waals surface area contributed by atoms with E-state index in [0.29, 0.717) is 11.7 Å². The molecule has 3 aromatic rings. The summed E-state index contributed by atoms with van der Waals surface area (Å²) in [5.41, 5.74) is 7.67. The maximum Gasteiger partial charge on any atom is 0.248 e. The second-order valence-corrected chi connectivity index (χ2v) is 4.28. The van der Waals surface area contributed by atoms with Crippen molar-refractivity contribution in [2.75, 3.05) is 0 Å². The highest BCUT2D eigenvalue weighted by Gasteiger charge is 2.19. The molecule has 0 aliphatic rings. The van der Waals surface area contributed by atoms with Crippen molar-refractivity contribution in [2.45, 2.75) is 6.04 Å². The summed E-state index contributed by atoms with van der Waals surface area (Å²) in [4.78, 5) is 4.29. The first kappa shape index (κ1) is 11.6. The molecule has 98 valence electrons. The van der Waals surface area contributed by atoms with Crippen molar-refractivity contribution in [3.63, 3.8) is 0 Å². The molecule has 0 amide bonds. The molecule has 3 aromatic heterocycles.